The van der Waals surface area contributed by atoms with Crippen LogP contribution in [-0.2, 0) is 20.8 Å². The zero-order valence-corrected chi connectivity index (χ0v) is 15.9. The molecule has 0 radical (unpaired) electrons. The zero-order valence-electron chi connectivity index (χ0n) is 15.1. The quantitative estimate of drug-likeness (QED) is 0.703. The summed E-state index contributed by atoms with van der Waals surface area (Å²) < 4.78 is 0. The molecule has 7 heteroatoms. The highest BCUT2D eigenvalue weighted by Crippen LogP contribution is 2.47. The lowest BCUT2D eigenvalue weighted by Crippen LogP contribution is -2.74. The van der Waals surface area contributed by atoms with Crippen LogP contribution in [0.2, 0.25) is 0 Å². The van der Waals surface area contributed by atoms with E-state index in [0.717, 1.165) is 12.0 Å². The Labute approximate surface area is 157 Å². The number of hydrogen-bond acceptors (Lipinski definition) is 4. The Morgan fingerprint density at radius 1 is 1.35 bits per heavy atom. The smallest absolute Gasteiger partial charge is 0.250 e. The van der Waals surface area contributed by atoms with Gasteiger partial charge in [-0.15, -0.1) is 11.8 Å². The molecule has 1 aromatic rings. The van der Waals surface area contributed by atoms with E-state index in [1.165, 1.54) is 11.8 Å². The number of nitrogens with zero attached hydrogens (tertiary/aromatic N) is 1. The fraction of sp³-hybridized carbons (Fsp3) is 0.526. The fourth-order valence-electron chi connectivity index (χ4n) is 3.55. The van der Waals surface area contributed by atoms with Crippen molar-refractivity contribution in [3.63, 3.8) is 0 Å². The van der Waals surface area contributed by atoms with Gasteiger partial charge in [-0.3, -0.25) is 14.4 Å². The first-order valence-electron chi connectivity index (χ1n) is 8.93. The summed E-state index contributed by atoms with van der Waals surface area (Å²) in [7, 11) is 0. The van der Waals surface area contributed by atoms with Gasteiger partial charge in [0.15, 0.2) is 0 Å². The van der Waals surface area contributed by atoms with Crippen LogP contribution in [-0.4, -0.2) is 45.3 Å². The van der Waals surface area contributed by atoms with E-state index in [-0.39, 0.29) is 23.6 Å². The van der Waals surface area contributed by atoms with Crippen molar-refractivity contribution in [2.75, 3.05) is 5.75 Å². The third kappa shape index (κ3) is 3.32. The number of rotatable bonds is 7. The van der Waals surface area contributed by atoms with Gasteiger partial charge >= 0.3 is 0 Å². The number of nitrogens with two attached hydrogens (primary N) is 1. The van der Waals surface area contributed by atoms with Gasteiger partial charge in [0.1, 0.15) is 17.0 Å². The standard InChI is InChI=1S/C19H25N3O3S/c1-12(2)8-9-19(18(20)25)11-26-17-15(16(24)22(17)19)21-14(23)10-13-6-4-3-5-7-13/h3-7,12,15,17H,8-11H2,1-2H3,(H2,20,25)(H,21,23)/t15-,17-,19-/m1/s1. The average Bonchev–Trinajstić information content (AvgIpc) is 2.95. The number of β-lactam (4-membered cyclic amide) rings is 1. The zero-order chi connectivity index (χ0) is 18.9. The van der Waals surface area contributed by atoms with E-state index in [4.69, 9.17) is 5.73 Å². The molecule has 1 aromatic carbocycles. The van der Waals surface area contributed by atoms with E-state index < -0.39 is 17.5 Å². The number of benzene rings is 1. The lowest BCUT2D eigenvalue weighted by atomic mass is 9.85. The lowest BCUT2D eigenvalue weighted by molar-refractivity contribution is -0.160. The van der Waals surface area contributed by atoms with E-state index in [9.17, 15) is 14.4 Å². The van der Waals surface area contributed by atoms with Gasteiger partial charge in [0.2, 0.25) is 17.7 Å². The molecular weight excluding hydrogens is 350 g/mol. The highest BCUT2D eigenvalue weighted by Gasteiger charge is 2.64. The van der Waals surface area contributed by atoms with Crippen molar-refractivity contribution in [1.82, 2.24) is 10.2 Å². The monoisotopic (exact) mass is 375 g/mol. The Morgan fingerprint density at radius 2 is 2.04 bits per heavy atom. The molecule has 2 aliphatic heterocycles. The Hall–Kier alpha value is -2.02. The molecule has 0 unspecified atom stereocenters. The number of nitrogens with one attached hydrogen (secondary N) is 1. The molecule has 0 aromatic heterocycles. The lowest BCUT2D eigenvalue weighted by Gasteiger charge is -2.49. The highest BCUT2D eigenvalue weighted by atomic mass is 32.2. The van der Waals surface area contributed by atoms with Crippen LogP contribution in [0.3, 0.4) is 0 Å². The predicted molar refractivity (Wildman–Crippen MR) is 101 cm³/mol. The number of carbonyl (C=O) groups excluding carboxylic acids is 3. The minimum absolute atomic E-state index is 0.187. The molecule has 3 amide bonds. The van der Waals surface area contributed by atoms with Crippen LogP contribution in [0.15, 0.2) is 30.3 Å². The summed E-state index contributed by atoms with van der Waals surface area (Å²) in [6.45, 7) is 4.16. The molecule has 0 aliphatic carbocycles. The summed E-state index contributed by atoms with van der Waals surface area (Å²) >= 11 is 1.53. The van der Waals surface area contributed by atoms with E-state index in [0.29, 0.717) is 18.1 Å². The molecule has 3 rings (SSSR count). The summed E-state index contributed by atoms with van der Waals surface area (Å²) in [5.74, 6) is 0.0809. The topological polar surface area (TPSA) is 92.5 Å². The molecule has 140 valence electrons. The number of carbonyl (C=O) groups is 3. The summed E-state index contributed by atoms with van der Waals surface area (Å²) in [4.78, 5) is 38.7. The van der Waals surface area contributed by atoms with Gasteiger partial charge in [-0.05, 0) is 24.3 Å². The third-order valence-electron chi connectivity index (χ3n) is 5.12. The van der Waals surface area contributed by atoms with E-state index in [1.54, 1.807) is 4.90 Å². The van der Waals surface area contributed by atoms with Crippen LogP contribution in [0.25, 0.3) is 0 Å². The van der Waals surface area contributed by atoms with Crippen LogP contribution < -0.4 is 11.1 Å². The van der Waals surface area contributed by atoms with Gasteiger partial charge in [0, 0.05) is 5.75 Å². The van der Waals surface area contributed by atoms with Crippen molar-refractivity contribution in [3.8, 4) is 0 Å². The molecule has 2 aliphatic rings. The maximum atomic E-state index is 12.7. The Morgan fingerprint density at radius 3 is 2.65 bits per heavy atom. The van der Waals surface area contributed by atoms with Crippen LogP contribution in [0.1, 0.15) is 32.3 Å². The molecular formula is C19H25N3O3S. The average molecular weight is 375 g/mol. The minimum Gasteiger partial charge on any atom is -0.368 e. The first kappa shape index (κ1) is 18.8. The summed E-state index contributed by atoms with van der Waals surface area (Å²) in [5, 5.41) is 2.62. The Kier molecular flexibility index (Phi) is 5.27. The highest BCUT2D eigenvalue weighted by molar-refractivity contribution is 8.00. The summed E-state index contributed by atoms with van der Waals surface area (Å²) in [5.41, 5.74) is 5.66. The van der Waals surface area contributed by atoms with Crippen molar-refractivity contribution >= 4 is 29.5 Å². The van der Waals surface area contributed by atoms with Crippen LogP contribution in [0.5, 0.6) is 0 Å². The van der Waals surface area contributed by atoms with Crippen molar-refractivity contribution < 1.29 is 14.4 Å². The molecule has 26 heavy (non-hydrogen) atoms. The second-order valence-electron chi connectivity index (χ2n) is 7.45. The van der Waals surface area contributed by atoms with Crippen molar-refractivity contribution in [1.29, 1.82) is 0 Å². The van der Waals surface area contributed by atoms with Gasteiger partial charge in [-0.25, -0.2) is 0 Å². The molecule has 0 spiro atoms. The minimum atomic E-state index is -0.919. The number of fused-ring (bicyclic) bond motifs is 1. The number of hydrogen-bond donors (Lipinski definition) is 2. The van der Waals surface area contributed by atoms with Gasteiger partial charge < -0.3 is 16.0 Å². The molecule has 6 nitrogen and oxygen atoms in total. The molecule has 0 bridgehead atoms. The number of thioether (sulfide) groups is 1. The molecule has 3 atom stereocenters. The third-order valence-corrected chi connectivity index (χ3v) is 6.58. The first-order valence-corrected chi connectivity index (χ1v) is 9.98. The maximum absolute atomic E-state index is 12.7. The molecule has 0 saturated carbocycles. The molecule has 3 N–H and O–H groups in total. The van der Waals surface area contributed by atoms with Gasteiger partial charge in [0.05, 0.1) is 6.42 Å². The van der Waals surface area contributed by atoms with Crippen molar-refractivity contribution in [3.05, 3.63) is 35.9 Å². The largest absolute Gasteiger partial charge is 0.368 e. The normalized spacial score (nSPS) is 27.2. The van der Waals surface area contributed by atoms with Gasteiger partial charge in [-0.2, -0.15) is 0 Å². The summed E-state index contributed by atoms with van der Waals surface area (Å²) in [6, 6.07) is 8.83. The number of primary amides is 1. The van der Waals surface area contributed by atoms with E-state index in [1.807, 2.05) is 30.3 Å². The second kappa shape index (κ2) is 7.31. The first-order chi connectivity index (χ1) is 12.3. The van der Waals surface area contributed by atoms with Crippen LogP contribution in [0, 0.1) is 5.92 Å². The van der Waals surface area contributed by atoms with Gasteiger partial charge in [0.25, 0.3) is 0 Å². The molecule has 2 saturated heterocycles. The fourth-order valence-corrected chi connectivity index (χ4v) is 5.26. The van der Waals surface area contributed by atoms with Crippen molar-refractivity contribution in [2.45, 2.75) is 50.1 Å². The predicted octanol–water partition coefficient (Wildman–Crippen LogP) is 1.29. The van der Waals surface area contributed by atoms with E-state index in [2.05, 4.69) is 19.2 Å². The van der Waals surface area contributed by atoms with Crippen molar-refractivity contribution in [2.24, 2.45) is 11.7 Å². The molecule has 2 heterocycles. The number of amides is 3. The van der Waals surface area contributed by atoms with E-state index >= 15 is 0 Å². The summed E-state index contributed by atoms with van der Waals surface area (Å²) in [6.07, 6.45) is 1.63. The SMILES string of the molecule is CC(C)CC[C@]1(C(N)=O)CS[C@@H]2[C@H](NC(=O)Cc3ccccc3)C(=O)N21. The second-order valence-corrected chi connectivity index (χ2v) is 8.55. The van der Waals surface area contributed by atoms with Crippen LogP contribution >= 0.6 is 11.8 Å². The Bertz CT molecular complexity index is 709. The molecule has 2 fully saturated rings. The van der Waals surface area contributed by atoms with Gasteiger partial charge in [-0.1, -0.05) is 44.2 Å². The maximum Gasteiger partial charge on any atom is 0.250 e. The van der Waals surface area contributed by atoms with Crippen LogP contribution in [0.4, 0.5) is 0 Å². The Balaban J connectivity index is 1.65.